The Morgan fingerprint density at radius 3 is 2.59 bits per heavy atom. The summed E-state index contributed by atoms with van der Waals surface area (Å²) >= 11 is 1.72. The summed E-state index contributed by atoms with van der Waals surface area (Å²) in [5.41, 5.74) is 2.72. The number of aromatic nitrogens is 2. The van der Waals surface area contributed by atoms with Gasteiger partial charge >= 0.3 is 0 Å². The number of nitrogens with zero attached hydrogens (tertiary/aromatic N) is 3. The van der Waals surface area contributed by atoms with Gasteiger partial charge in [-0.3, -0.25) is 9.36 Å². The minimum absolute atomic E-state index is 0.0885. The van der Waals surface area contributed by atoms with E-state index in [9.17, 15) is 4.79 Å². The molecule has 2 heterocycles. The Hall–Kier alpha value is -2.18. The average Bonchev–Trinajstić information content (AvgIpc) is 3.06. The maximum absolute atomic E-state index is 13.6. The van der Waals surface area contributed by atoms with Gasteiger partial charge in [0.25, 0.3) is 5.56 Å². The molecule has 6 heteroatoms. The summed E-state index contributed by atoms with van der Waals surface area (Å²) in [5.74, 6) is 2.32. The molecule has 5 nitrogen and oxygen atoms in total. The average molecular weight is 454 g/mol. The van der Waals surface area contributed by atoms with Crippen molar-refractivity contribution >= 4 is 21.6 Å². The lowest BCUT2D eigenvalue weighted by atomic mass is 9.87. The van der Waals surface area contributed by atoms with Crippen molar-refractivity contribution in [2.75, 3.05) is 20.7 Å². The van der Waals surface area contributed by atoms with Gasteiger partial charge in [-0.1, -0.05) is 39.8 Å². The Morgan fingerprint density at radius 1 is 1.22 bits per heavy atom. The van der Waals surface area contributed by atoms with Gasteiger partial charge in [-0.15, -0.1) is 11.3 Å². The number of hydrogen-bond acceptors (Lipinski definition) is 5. The smallest absolute Gasteiger partial charge is 0.262 e. The van der Waals surface area contributed by atoms with Crippen LogP contribution in [-0.4, -0.2) is 35.2 Å². The summed E-state index contributed by atoms with van der Waals surface area (Å²) in [7, 11) is 4.02. The first kappa shape index (κ1) is 23.0. The van der Waals surface area contributed by atoms with Crippen LogP contribution in [0.4, 0.5) is 0 Å². The number of aryl methyl sites for hydroxylation is 1. The Morgan fingerprint density at radius 2 is 1.94 bits per heavy atom. The third kappa shape index (κ3) is 4.76. The van der Waals surface area contributed by atoms with Crippen molar-refractivity contribution in [3.63, 3.8) is 0 Å². The Labute approximate surface area is 195 Å². The third-order valence-electron chi connectivity index (χ3n) is 6.26. The molecule has 2 aromatic heterocycles. The maximum atomic E-state index is 13.6. The molecule has 0 saturated heterocycles. The van der Waals surface area contributed by atoms with E-state index >= 15 is 0 Å². The van der Waals surface area contributed by atoms with E-state index in [4.69, 9.17) is 9.72 Å². The fourth-order valence-electron chi connectivity index (χ4n) is 4.41. The monoisotopic (exact) mass is 453 g/mol. The van der Waals surface area contributed by atoms with Crippen molar-refractivity contribution in [2.24, 2.45) is 5.92 Å². The van der Waals surface area contributed by atoms with Crippen molar-refractivity contribution in [1.82, 2.24) is 14.5 Å². The highest BCUT2D eigenvalue weighted by molar-refractivity contribution is 7.18. The summed E-state index contributed by atoms with van der Waals surface area (Å²) in [6, 6.07) is 8.26. The zero-order valence-electron chi connectivity index (χ0n) is 20.2. The molecule has 1 aliphatic rings. The molecule has 3 aromatic rings. The fourth-order valence-corrected chi connectivity index (χ4v) is 5.80. The molecule has 0 spiro atoms. The SMILES string of the molecule is CC1CCc2c(sc3nc(CN(C)C)n(CCOc4ccc(C(C)(C)C)cc4)c(=O)c23)C1. The second-order valence-electron chi connectivity index (χ2n) is 10.4. The first-order chi connectivity index (χ1) is 15.1. The van der Waals surface area contributed by atoms with Gasteiger partial charge in [0.15, 0.2) is 0 Å². The normalized spacial score (nSPS) is 16.5. The summed E-state index contributed by atoms with van der Waals surface area (Å²) in [5, 5.41) is 0.842. The van der Waals surface area contributed by atoms with Crippen LogP contribution in [0.25, 0.3) is 10.2 Å². The van der Waals surface area contributed by atoms with Crippen LogP contribution in [0.3, 0.4) is 0 Å². The third-order valence-corrected chi connectivity index (χ3v) is 7.40. The Balaban J connectivity index is 1.60. The Kier molecular flexibility index (Phi) is 6.46. The highest BCUT2D eigenvalue weighted by Gasteiger charge is 2.24. The summed E-state index contributed by atoms with van der Waals surface area (Å²) in [6.07, 6.45) is 3.19. The van der Waals surface area contributed by atoms with Crippen LogP contribution in [0, 0.1) is 5.92 Å². The number of fused-ring (bicyclic) bond motifs is 3. The minimum atomic E-state index is 0.0885. The number of thiophene rings is 1. The van der Waals surface area contributed by atoms with Crippen LogP contribution >= 0.6 is 11.3 Å². The van der Waals surface area contributed by atoms with Crippen molar-refractivity contribution in [3.05, 3.63) is 56.4 Å². The van der Waals surface area contributed by atoms with E-state index in [1.165, 1.54) is 16.0 Å². The lowest BCUT2D eigenvalue weighted by Gasteiger charge is -2.19. The first-order valence-corrected chi connectivity index (χ1v) is 12.4. The van der Waals surface area contributed by atoms with E-state index in [2.05, 4.69) is 44.7 Å². The predicted molar refractivity (Wildman–Crippen MR) is 133 cm³/mol. The van der Waals surface area contributed by atoms with Crippen molar-refractivity contribution < 1.29 is 4.74 Å². The highest BCUT2D eigenvalue weighted by Crippen LogP contribution is 2.36. The molecule has 0 N–H and O–H groups in total. The first-order valence-electron chi connectivity index (χ1n) is 11.6. The molecular formula is C26H35N3O2S. The summed E-state index contributed by atoms with van der Waals surface area (Å²) in [4.78, 5) is 22.9. The van der Waals surface area contributed by atoms with E-state index in [-0.39, 0.29) is 11.0 Å². The summed E-state index contributed by atoms with van der Waals surface area (Å²) < 4.78 is 7.84. The molecule has 1 atom stereocenters. The lowest BCUT2D eigenvalue weighted by molar-refractivity contribution is 0.287. The van der Waals surface area contributed by atoms with Crippen molar-refractivity contribution in [1.29, 1.82) is 0 Å². The van der Waals surface area contributed by atoms with Gasteiger partial charge in [-0.2, -0.15) is 0 Å². The van der Waals surface area contributed by atoms with Crippen LogP contribution in [0.5, 0.6) is 5.75 Å². The van der Waals surface area contributed by atoms with Crippen LogP contribution in [0.1, 0.15) is 55.9 Å². The van der Waals surface area contributed by atoms with Gasteiger partial charge in [0.2, 0.25) is 0 Å². The summed E-state index contributed by atoms with van der Waals surface area (Å²) in [6.45, 7) is 10.5. The predicted octanol–water partition coefficient (Wildman–Crippen LogP) is 5.02. The number of benzene rings is 1. The largest absolute Gasteiger partial charge is 0.492 e. The van der Waals surface area contributed by atoms with Gasteiger partial charge in [0, 0.05) is 4.88 Å². The molecule has 0 saturated carbocycles. The maximum Gasteiger partial charge on any atom is 0.262 e. The standard InChI is InChI=1S/C26H35N3O2S/c1-17-7-12-20-21(15-17)32-24-23(20)25(30)29(22(27-24)16-28(5)6)13-14-31-19-10-8-18(9-11-19)26(2,3)4/h8-11,17H,7,12-16H2,1-6H3. The van der Waals surface area contributed by atoms with E-state index in [0.717, 1.165) is 41.1 Å². The fraction of sp³-hybridized carbons (Fsp3) is 0.538. The van der Waals surface area contributed by atoms with Gasteiger partial charge in [0.1, 0.15) is 23.0 Å². The molecule has 1 unspecified atom stereocenters. The van der Waals surface area contributed by atoms with Gasteiger partial charge in [-0.25, -0.2) is 4.98 Å². The molecule has 0 bridgehead atoms. The molecule has 1 aromatic carbocycles. The number of rotatable bonds is 6. The van der Waals surface area contributed by atoms with E-state index < -0.39 is 0 Å². The molecule has 4 rings (SSSR count). The van der Waals surface area contributed by atoms with Crippen LogP contribution in [0.2, 0.25) is 0 Å². The van der Waals surface area contributed by atoms with Gasteiger partial charge < -0.3 is 9.64 Å². The topological polar surface area (TPSA) is 47.4 Å². The molecule has 0 radical (unpaired) electrons. The Bertz CT molecular complexity index is 1150. The molecule has 0 aliphatic heterocycles. The molecule has 0 amide bonds. The van der Waals surface area contributed by atoms with Crippen LogP contribution in [-0.2, 0) is 31.3 Å². The number of ether oxygens (including phenoxy) is 1. The molecule has 32 heavy (non-hydrogen) atoms. The molecule has 1 aliphatic carbocycles. The lowest BCUT2D eigenvalue weighted by Crippen LogP contribution is -2.30. The second kappa shape index (κ2) is 8.99. The van der Waals surface area contributed by atoms with Crippen LogP contribution in [0.15, 0.2) is 29.1 Å². The van der Waals surface area contributed by atoms with E-state index in [1.807, 2.05) is 30.8 Å². The van der Waals surface area contributed by atoms with Crippen molar-refractivity contribution in [3.8, 4) is 5.75 Å². The second-order valence-corrected chi connectivity index (χ2v) is 11.5. The zero-order valence-corrected chi connectivity index (χ0v) is 21.0. The van der Waals surface area contributed by atoms with E-state index in [0.29, 0.717) is 25.6 Å². The van der Waals surface area contributed by atoms with E-state index in [1.54, 1.807) is 11.3 Å². The molecular weight excluding hydrogens is 418 g/mol. The zero-order chi connectivity index (χ0) is 23.0. The quantitative estimate of drug-likeness (QED) is 0.526. The van der Waals surface area contributed by atoms with Gasteiger partial charge in [-0.05, 0) is 68.0 Å². The minimum Gasteiger partial charge on any atom is -0.492 e. The molecule has 172 valence electrons. The molecule has 0 fully saturated rings. The highest BCUT2D eigenvalue weighted by atomic mass is 32.1. The number of hydrogen-bond donors (Lipinski definition) is 0. The van der Waals surface area contributed by atoms with Crippen molar-refractivity contribution in [2.45, 2.75) is 65.5 Å². The van der Waals surface area contributed by atoms with Crippen LogP contribution < -0.4 is 10.3 Å². The van der Waals surface area contributed by atoms with Gasteiger partial charge in [0.05, 0.1) is 18.5 Å².